The number of carbonyl (C=O) groups excluding carboxylic acids is 2. The minimum absolute atomic E-state index is 0.130. The summed E-state index contributed by atoms with van der Waals surface area (Å²) in [4.78, 5) is 39.1. The summed E-state index contributed by atoms with van der Waals surface area (Å²) in [6.45, 7) is 1.45. The van der Waals surface area contributed by atoms with E-state index < -0.39 is 6.09 Å². The lowest BCUT2D eigenvalue weighted by Gasteiger charge is -2.21. The molecule has 8 nitrogen and oxygen atoms in total. The Morgan fingerprint density at radius 1 is 1.12 bits per heavy atom. The van der Waals surface area contributed by atoms with Crippen molar-refractivity contribution in [2.75, 3.05) is 34.6 Å². The lowest BCUT2D eigenvalue weighted by atomic mass is 9.95. The van der Waals surface area contributed by atoms with Gasteiger partial charge in [-0.2, -0.15) is 0 Å². The Labute approximate surface area is 197 Å². The van der Waals surface area contributed by atoms with Gasteiger partial charge >= 0.3 is 6.09 Å². The molecule has 0 unspecified atom stereocenters. The highest BCUT2D eigenvalue weighted by molar-refractivity contribution is 7.98. The monoisotopic (exact) mass is 472 g/mol. The number of aryl methyl sites for hydroxylation is 1. The Morgan fingerprint density at radius 2 is 1.85 bits per heavy atom. The van der Waals surface area contributed by atoms with Crippen LogP contribution < -0.4 is 25.0 Å². The third-order valence-corrected chi connectivity index (χ3v) is 6.23. The topological polar surface area (TPSA) is 94.2 Å². The molecule has 2 aromatic carbocycles. The maximum atomic E-state index is 12.9. The average Bonchev–Trinajstić information content (AvgIpc) is 3.01. The van der Waals surface area contributed by atoms with Gasteiger partial charge in [-0.05, 0) is 54.0 Å². The summed E-state index contributed by atoms with van der Waals surface area (Å²) in [6, 6.07) is 6.64. The molecule has 176 valence electrons. The molecule has 3 rings (SSSR count). The van der Waals surface area contributed by atoms with E-state index in [9.17, 15) is 14.4 Å². The number of thioether (sulfide) groups is 1. The van der Waals surface area contributed by atoms with E-state index in [1.54, 1.807) is 26.2 Å². The summed E-state index contributed by atoms with van der Waals surface area (Å²) in [5.74, 6) is 0.648. The summed E-state index contributed by atoms with van der Waals surface area (Å²) in [5.41, 5.74) is 2.87. The van der Waals surface area contributed by atoms with Crippen LogP contribution in [0.2, 0.25) is 0 Å². The van der Waals surface area contributed by atoms with E-state index in [4.69, 9.17) is 14.2 Å². The average molecular weight is 473 g/mol. The predicted molar refractivity (Wildman–Crippen MR) is 128 cm³/mol. The van der Waals surface area contributed by atoms with Crippen LogP contribution in [0.15, 0.2) is 34.0 Å². The summed E-state index contributed by atoms with van der Waals surface area (Å²) in [6.07, 6.45) is 2.41. The van der Waals surface area contributed by atoms with Gasteiger partial charge in [-0.15, -0.1) is 11.8 Å². The van der Waals surface area contributed by atoms with Gasteiger partial charge in [0.25, 0.3) is 0 Å². The van der Waals surface area contributed by atoms with Crippen molar-refractivity contribution in [3.8, 4) is 28.4 Å². The second kappa shape index (κ2) is 10.2. The Morgan fingerprint density at radius 3 is 2.42 bits per heavy atom. The van der Waals surface area contributed by atoms with Gasteiger partial charge in [0.05, 0.1) is 25.2 Å². The van der Waals surface area contributed by atoms with E-state index in [0.29, 0.717) is 40.4 Å². The fourth-order valence-corrected chi connectivity index (χ4v) is 4.41. The van der Waals surface area contributed by atoms with E-state index in [2.05, 4.69) is 5.32 Å². The van der Waals surface area contributed by atoms with Gasteiger partial charge in [0, 0.05) is 26.6 Å². The molecule has 1 atom stereocenters. The smallest absolute Gasteiger partial charge is 0.414 e. The van der Waals surface area contributed by atoms with E-state index in [0.717, 1.165) is 11.1 Å². The maximum Gasteiger partial charge on any atom is 0.414 e. The third-order valence-electron chi connectivity index (χ3n) is 5.45. The third kappa shape index (κ3) is 4.93. The van der Waals surface area contributed by atoms with Crippen molar-refractivity contribution < 1.29 is 23.8 Å². The Kier molecular flexibility index (Phi) is 7.53. The molecule has 0 spiro atoms. The van der Waals surface area contributed by atoms with E-state index in [1.165, 1.54) is 37.8 Å². The summed E-state index contributed by atoms with van der Waals surface area (Å²) >= 11 is 1.35. The van der Waals surface area contributed by atoms with Crippen LogP contribution in [0, 0.1) is 0 Å². The molecule has 0 saturated carbocycles. The molecule has 33 heavy (non-hydrogen) atoms. The quantitative estimate of drug-likeness (QED) is 0.664. The van der Waals surface area contributed by atoms with Crippen LogP contribution in [0.25, 0.3) is 11.1 Å². The SMILES string of the molecule is COc1cc2c(c(OC)c1OC(=O)N(C)C)-c1ccc(SC)c(=O)cc1[C@@H](NC(C)=O)CC2. The summed E-state index contributed by atoms with van der Waals surface area (Å²) < 4.78 is 16.9. The van der Waals surface area contributed by atoms with E-state index in [-0.39, 0.29) is 23.1 Å². The van der Waals surface area contributed by atoms with Crippen LogP contribution in [-0.4, -0.2) is 51.5 Å². The first-order valence-electron chi connectivity index (χ1n) is 10.4. The molecule has 2 amide bonds. The highest BCUT2D eigenvalue weighted by Crippen LogP contribution is 2.50. The van der Waals surface area contributed by atoms with Gasteiger partial charge in [-0.25, -0.2) is 4.79 Å². The van der Waals surface area contributed by atoms with E-state index >= 15 is 0 Å². The number of fused-ring (bicyclic) bond motifs is 3. The molecule has 0 radical (unpaired) electrons. The van der Waals surface area contributed by atoms with Crippen molar-refractivity contribution in [2.45, 2.75) is 30.7 Å². The minimum Gasteiger partial charge on any atom is -0.493 e. The molecule has 1 N–H and O–H groups in total. The van der Waals surface area contributed by atoms with Crippen molar-refractivity contribution in [3.63, 3.8) is 0 Å². The summed E-state index contributed by atoms with van der Waals surface area (Å²) in [7, 11) is 6.15. The molecule has 0 bridgehead atoms. The normalized spacial score (nSPS) is 14.3. The molecule has 1 aliphatic carbocycles. The number of hydrogen-bond donors (Lipinski definition) is 1. The number of carbonyl (C=O) groups is 2. The molecular formula is C24H28N2O6S. The van der Waals surface area contributed by atoms with Crippen molar-refractivity contribution in [3.05, 3.63) is 45.6 Å². The standard InChI is InChI=1S/C24H28N2O6S/c1-13(27)25-17-9-7-14-11-19(30-4)22(32-24(29)26(2)3)23(31-5)21(14)15-8-10-20(33-6)18(28)12-16(15)17/h8,10-12,17H,7,9H2,1-6H3,(H,25,27)/t17-/m0/s1. The minimum atomic E-state index is -0.582. The van der Waals surface area contributed by atoms with Crippen LogP contribution in [0.5, 0.6) is 17.2 Å². The maximum absolute atomic E-state index is 12.9. The van der Waals surface area contributed by atoms with Crippen molar-refractivity contribution in [2.24, 2.45) is 0 Å². The largest absolute Gasteiger partial charge is 0.493 e. The molecule has 9 heteroatoms. The predicted octanol–water partition coefficient (Wildman–Crippen LogP) is 3.64. The Hall–Kier alpha value is -3.20. The van der Waals surface area contributed by atoms with Gasteiger partial charge < -0.3 is 24.4 Å². The van der Waals surface area contributed by atoms with Gasteiger partial charge in [-0.3, -0.25) is 9.59 Å². The number of methoxy groups -OCH3 is 2. The fourth-order valence-electron chi connectivity index (χ4n) is 3.94. The first-order valence-corrected chi connectivity index (χ1v) is 11.6. The van der Waals surface area contributed by atoms with Gasteiger partial charge in [-0.1, -0.05) is 6.07 Å². The number of rotatable bonds is 5. The lowest BCUT2D eigenvalue weighted by molar-refractivity contribution is -0.119. The molecule has 2 aromatic rings. The number of hydrogen-bond acceptors (Lipinski definition) is 7. The van der Waals surface area contributed by atoms with Gasteiger partial charge in [0.15, 0.2) is 16.9 Å². The van der Waals surface area contributed by atoms with Crippen LogP contribution >= 0.6 is 11.8 Å². The fraction of sp³-hybridized carbons (Fsp3) is 0.375. The van der Waals surface area contributed by atoms with Crippen molar-refractivity contribution in [1.29, 1.82) is 0 Å². The first kappa shape index (κ1) is 24.4. The first-order chi connectivity index (χ1) is 15.7. The second-order valence-electron chi connectivity index (χ2n) is 7.81. The second-order valence-corrected chi connectivity index (χ2v) is 8.66. The molecule has 0 aliphatic heterocycles. The van der Waals surface area contributed by atoms with Crippen molar-refractivity contribution >= 4 is 23.8 Å². The summed E-state index contributed by atoms with van der Waals surface area (Å²) in [5, 5.41) is 2.97. The van der Waals surface area contributed by atoms with Gasteiger partial charge in [0.2, 0.25) is 11.7 Å². The van der Waals surface area contributed by atoms with Crippen LogP contribution in [0.1, 0.15) is 30.5 Å². The Bertz CT molecular complexity index is 1150. The number of nitrogens with zero attached hydrogens (tertiary/aromatic N) is 1. The molecule has 1 aliphatic rings. The number of benzene rings is 1. The van der Waals surface area contributed by atoms with Crippen LogP contribution in [0.3, 0.4) is 0 Å². The van der Waals surface area contributed by atoms with Gasteiger partial charge in [0.1, 0.15) is 0 Å². The zero-order valence-corrected chi connectivity index (χ0v) is 20.4. The Balaban J connectivity index is 2.39. The molecular weight excluding hydrogens is 444 g/mol. The number of ether oxygens (including phenoxy) is 3. The highest BCUT2D eigenvalue weighted by atomic mass is 32.2. The molecule has 0 saturated heterocycles. The number of nitrogens with one attached hydrogen (secondary N) is 1. The zero-order valence-electron chi connectivity index (χ0n) is 19.6. The zero-order chi connectivity index (χ0) is 24.3. The number of amides is 2. The highest BCUT2D eigenvalue weighted by Gasteiger charge is 2.30. The van der Waals surface area contributed by atoms with Crippen molar-refractivity contribution in [1.82, 2.24) is 10.2 Å². The molecule has 0 heterocycles. The van der Waals surface area contributed by atoms with Crippen LogP contribution in [0.4, 0.5) is 4.79 Å². The molecule has 0 aromatic heterocycles. The molecule has 0 fully saturated rings. The van der Waals surface area contributed by atoms with Crippen LogP contribution in [-0.2, 0) is 11.2 Å². The van der Waals surface area contributed by atoms with E-state index in [1.807, 2.05) is 18.4 Å². The lowest BCUT2D eigenvalue weighted by Crippen LogP contribution is -2.26.